The topological polar surface area (TPSA) is 0 Å². The first kappa shape index (κ1) is 50.6. The predicted molar refractivity (Wildman–Crippen MR) is 318 cm³/mol. The molecule has 0 bridgehead atoms. The van der Waals surface area contributed by atoms with E-state index >= 15 is 0 Å². The molecule has 0 saturated heterocycles. The molecule has 12 aromatic rings. The summed E-state index contributed by atoms with van der Waals surface area (Å²) in [7, 11) is 10.7. The second-order valence-corrected chi connectivity index (χ2v) is 23.2. The molecule has 4 heteroatoms. The monoisotopic (exact) mass is 1080 g/mol. The molecule has 0 saturated carbocycles. The maximum Gasteiger partial charge on any atom is 0.0920 e. The van der Waals surface area contributed by atoms with Crippen molar-refractivity contribution in [2.45, 2.75) is 26.7 Å². The molecule has 74 heavy (non-hydrogen) atoms. The molecular weight excluding hydrogens is 1030 g/mol. The van der Waals surface area contributed by atoms with Crippen molar-refractivity contribution < 1.29 is 20.8 Å². The van der Waals surface area contributed by atoms with Crippen molar-refractivity contribution in [2.24, 2.45) is 0 Å². The van der Waals surface area contributed by atoms with E-state index in [1.54, 1.807) is 0 Å². The number of hydrogen-bond donors (Lipinski definition) is 0. The third-order valence-corrected chi connectivity index (χ3v) is 15.2. The Morgan fingerprint density at radius 2 is 0.730 bits per heavy atom. The van der Waals surface area contributed by atoms with E-state index in [2.05, 4.69) is 275 Å². The standard InChI is InChI=1S/2C29H23.C12H7Si.2ClH.Zr/c2*1-2-21-19-24-17-18-26(23-13-7-4-8-14-23)29(28(24)20-21)27-16-10-9-15-25(27)22-11-5-3-6-12-22;1-3-7-11-9(5-1)10-6-2-4-8-12(10)13-11;;;/h2*3-20H,2H2,1H3;1-7H;2*1H;/q3*-1;;;+2/p-2. The Hall–Kier alpha value is -6.90. The fourth-order valence-electron chi connectivity index (χ4n) is 10.3. The second kappa shape index (κ2) is 24.4. The summed E-state index contributed by atoms with van der Waals surface area (Å²) in [6.07, 6.45) is 2.10. The normalized spacial score (nSPS) is 11.0. The Bertz CT molecular complexity index is 3520. The molecule has 0 atom stereocenters. The van der Waals surface area contributed by atoms with Gasteiger partial charge in [0.1, 0.15) is 0 Å². The average molecular weight is 1080 g/mol. The minimum absolute atomic E-state index is 0.795. The summed E-state index contributed by atoms with van der Waals surface area (Å²) < 4.78 is 0. The van der Waals surface area contributed by atoms with E-state index in [0.29, 0.717) is 0 Å². The van der Waals surface area contributed by atoms with Crippen LogP contribution in [0.2, 0.25) is 0 Å². The number of halogens is 2. The van der Waals surface area contributed by atoms with Crippen molar-refractivity contribution in [2.75, 3.05) is 0 Å². The Morgan fingerprint density at radius 3 is 1.15 bits per heavy atom. The van der Waals surface area contributed by atoms with Gasteiger partial charge in [0.15, 0.2) is 0 Å². The van der Waals surface area contributed by atoms with Crippen LogP contribution < -0.4 is 10.4 Å². The van der Waals surface area contributed by atoms with Crippen molar-refractivity contribution in [1.82, 2.24) is 0 Å². The largest absolute Gasteiger partial charge is 0.184 e. The molecule has 0 aromatic heterocycles. The van der Waals surface area contributed by atoms with E-state index in [1.807, 2.05) is 6.07 Å². The summed E-state index contributed by atoms with van der Waals surface area (Å²) in [5.74, 6) is 0. The zero-order valence-corrected chi connectivity index (χ0v) is 46.5. The summed E-state index contributed by atoms with van der Waals surface area (Å²) in [5, 5.41) is 8.14. The van der Waals surface area contributed by atoms with E-state index in [0.717, 1.165) is 22.4 Å². The van der Waals surface area contributed by atoms with E-state index in [-0.39, 0.29) is 0 Å². The molecular formula is C70H53Cl2SiZr-3. The molecule has 0 spiro atoms. The molecule has 0 aliphatic carbocycles. The first-order chi connectivity index (χ1) is 36.6. The van der Waals surface area contributed by atoms with E-state index in [1.165, 1.54) is 121 Å². The van der Waals surface area contributed by atoms with Gasteiger partial charge in [-0.05, 0) is 68.5 Å². The molecule has 1 aliphatic rings. The number of rotatable bonds is 8. The number of fused-ring (bicyclic) bond motifs is 5. The first-order valence-electron chi connectivity index (χ1n) is 25.2. The molecule has 13 rings (SSSR count). The zero-order valence-electron chi connectivity index (χ0n) is 41.5. The molecule has 1 heterocycles. The minimum atomic E-state index is -0.826. The van der Waals surface area contributed by atoms with Gasteiger partial charge < -0.3 is 0 Å². The summed E-state index contributed by atoms with van der Waals surface area (Å²) in [5.41, 5.74) is 20.9. The molecule has 2 radical (unpaired) electrons. The Kier molecular flexibility index (Phi) is 16.7. The van der Waals surface area contributed by atoms with Crippen LogP contribution in [-0.2, 0) is 33.7 Å². The molecule has 0 nitrogen and oxygen atoms in total. The van der Waals surface area contributed by atoms with Gasteiger partial charge >= 0.3 is 37.9 Å². The summed E-state index contributed by atoms with van der Waals surface area (Å²) in [6.45, 7) is 4.45. The second-order valence-electron chi connectivity index (χ2n) is 18.2. The summed E-state index contributed by atoms with van der Waals surface area (Å²) in [6, 6.07) is 97.1. The van der Waals surface area contributed by atoms with Crippen LogP contribution in [0, 0.1) is 6.07 Å². The van der Waals surface area contributed by atoms with Crippen molar-refractivity contribution in [3.8, 4) is 77.9 Å². The van der Waals surface area contributed by atoms with Gasteiger partial charge in [-0.15, -0.1) is 62.5 Å². The van der Waals surface area contributed by atoms with Gasteiger partial charge in [0, 0.05) is 0 Å². The molecule has 0 fully saturated rings. The Morgan fingerprint density at radius 1 is 0.378 bits per heavy atom. The van der Waals surface area contributed by atoms with Crippen molar-refractivity contribution in [1.29, 1.82) is 0 Å². The van der Waals surface area contributed by atoms with Crippen LogP contribution in [0.25, 0.3) is 99.4 Å². The van der Waals surface area contributed by atoms with Gasteiger partial charge in [0.05, 0.1) is 9.52 Å². The maximum absolute atomic E-state index is 4.93. The number of aryl methyl sites for hydroxylation is 2. The van der Waals surface area contributed by atoms with Crippen LogP contribution in [0.5, 0.6) is 0 Å². The van der Waals surface area contributed by atoms with E-state index in [4.69, 9.17) is 17.0 Å². The minimum Gasteiger partial charge on any atom is -0.184 e. The predicted octanol–water partition coefficient (Wildman–Crippen LogP) is 18.7. The molecule has 358 valence electrons. The molecule has 0 unspecified atom stereocenters. The van der Waals surface area contributed by atoms with Gasteiger partial charge in [-0.3, -0.25) is 0 Å². The fraction of sp³-hybridized carbons (Fsp3) is 0.0571. The van der Waals surface area contributed by atoms with E-state index < -0.39 is 20.8 Å². The average Bonchev–Trinajstić information content (AvgIpc) is 4.22. The Labute approximate surface area is 458 Å². The van der Waals surface area contributed by atoms with Crippen LogP contribution in [0.4, 0.5) is 0 Å². The number of benzene rings is 10. The maximum atomic E-state index is 4.93. The van der Waals surface area contributed by atoms with Crippen LogP contribution in [0.3, 0.4) is 0 Å². The van der Waals surface area contributed by atoms with Crippen LogP contribution >= 0.6 is 17.0 Å². The van der Waals surface area contributed by atoms with Crippen LogP contribution in [0.15, 0.2) is 261 Å². The smallest absolute Gasteiger partial charge is 0.0920 e. The fourth-order valence-corrected chi connectivity index (χ4v) is 11.6. The van der Waals surface area contributed by atoms with Crippen molar-refractivity contribution >= 4 is 58.5 Å². The Balaban J connectivity index is 0.000000131. The van der Waals surface area contributed by atoms with Gasteiger partial charge in [0.2, 0.25) is 0 Å². The van der Waals surface area contributed by atoms with Gasteiger partial charge in [-0.2, -0.15) is 41.6 Å². The van der Waals surface area contributed by atoms with Gasteiger partial charge in [-0.1, -0.05) is 242 Å². The molecule has 0 N–H and O–H groups in total. The molecule has 1 aliphatic heterocycles. The van der Waals surface area contributed by atoms with Crippen LogP contribution in [0.1, 0.15) is 25.0 Å². The third kappa shape index (κ3) is 11.1. The van der Waals surface area contributed by atoms with Crippen molar-refractivity contribution in [3.05, 3.63) is 278 Å². The SMILES string of the molecule is CCc1cc2c(-c3ccccc3-c3ccccc3)c(-c3ccccc3)ccc2[cH-]1.CCc1cc2c(-c3ccccc3-c3ccccc3)c(-c3ccccc3)ccc2[cH-]1.[Cl][Zr][Cl].[c-]1cccc2c1[Si]c1ccccc1-2. The summed E-state index contributed by atoms with van der Waals surface area (Å²) in [4.78, 5) is 0. The quantitative estimate of drug-likeness (QED) is 0.105. The van der Waals surface area contributed by atoms with Gasteiger partial charge in [-0.25, -0.2) is 0 Å². The molecule has 12 aromatic carbocycles. The van der Waals surface area contributed by atoms with Crippen LogP contribution in [-0.4, -0.2) is 9.52 Å². The number of hydrogen-bond acceptors (Lipinski definition) is 0. The third-order valence-electron chi connectivity index (χ3n) is 13.8. The first-order valence-corrected chi connectivity index (χ1v) is 32.6. The molecule has 0 amide bonds. The van der Waals surface area contributed by atoms with Crippen molar-refractivity contribution in [3.63, 3.8) is 0 Å². The van der Waals surface area contributed by atoms with E-state index in [9.17, 15) is 0 Å². The van der Waals surface area contributed by atoms with Gasteiger partial charge in [0.25, 0.3) is 0 Å². The summed E-state index contributed by atoms with van der Waals surface area (Å²) >= 11 is -0.826. The zero-order chi connectivity index (χ0) is 50.6.